The Labute approximate surface area is 118 Å². The number of nitrogens with zero attached hydrogens (tertiary/aromatic N) is 1. The van der Waals surface area contributed by atoms with Crippen LogP contribution in [-0.4, -0.2) is 4.92 Å². The molecule has 4 nitrogen and oxygen atoms in total. The summed E-state index contributed by atoms with van der Waals surface area (Å²) >= 11 is 0. The summed E-state index contributed by atoms with van der Waals surface area (Å²) in [6.07, 6.45) is 0. The van der Waals surface area contributed by atoms with E-state index in [1.165, 1.54) is 17.7 Å². The Morgan fingerprint density at radius 3 is 2.20 bits per heavy atom. The van der Waals surface area contributed by atoms with Crippen molar-refractivity contribution in [3.63, 3.8) is 0 Å². The van der Waals surface area contributed by atoms with Crippen LogP contribution < -0.4 is 5.32 Å². The number of rotatable bonds is 3. The van der Waals surface area contributed by atoms with Crippen molar-refractivity contribution in [2.75, 3.05) is 5.32 Å². The Hall–Kier alpha value is -2.36. The van der Waals surface area contributed by atoms with E-state index in [2.05, 4.69) is 38.2 Å². The largest absolute Gasteiger partial charge is 0.356 e. The lowest BCUT2D eigenvalue weighted by molar-refractivity contribution is -0.384. The molecule has 0 aliphatic heterocycles. The summed E-state index contributed by atoms with van der Waals surface area (Å²) in [5.74, 6) is 0. The van der Waals surface area contributed by atoms with Gasteiger partial charge in [-0.1, -0.05) is 32.9 Å². The molecule has 0 heterocycles. The van der Waals surface area contributed by atoms with Crippen LogP contribution in [0.5, 0.6) is 0 Å². The SMILES string of the molecule is CC(C)(C)c1cccc(Nc2ccc([N+](=O)[O-])cc2)c1. The summed E-state index contributed by atoms with van der Waals surface area (Å²) in [7, 11) is 0. The van der Waals surface area contributed by atoms with Gasteiger partial charge in [-0.25, -0.2) is 0 Å². The molecule has 104 valence electrons. The summed E-state index contributed by atoms with van der Waals surface area (Å²) in [4.78, 5) is 10.2. The van der Waals surface area contributed by atoms with Crippen LogP contribution in [0.15, 0.2) is 48.5 Å². The molecule has 0 saturated heterocycles. The first-order valence-electron chi connectivity index (χ1n) is 6.48. The lowest BCUT2D eigenvalue weighted by atomic mass is 9.87. The van der Waals surface area contributed by atoms with E-state index in [1.807, 2.05) is 12.1 Å². The average Bonchev–Trinajstić information content (AvgIpc) is 2.38. The minimum Gasteiger partial charge on any atom is -0.356 e. The van der Waals surface area contributed by atoms with E-state index in [1.54, 1.807) is 12.1 Å². The third-order valence-corrected chi connectivity index (χ3v) is 3.10. The Kier molecular flexibility index (Phi) is 3.74. The Balaban J connectivity index is 2.20. The minimum absolute atomic E-state index is 0.0904. The van der Waals surface area contributed by atoms with E-state index in [-0.39, 0.29) is 11.1 Å². The highest BCUT2D eigenvalue weighted by Crippen LogP contribution is 2.26. The van der Waals surface area contributed by atoms with Gasteiger partial charge in [0.15, 0.2) is 0 Å². The van der Waals surface area contributed by atoms with Crippen LogP contribution in [-0.2, 0) is 5.41 Å². The molecular weight excluding hydrogens is 252 g/mol. The first kappa shape index (κ1) is 14.1. The third kappa shape index (κ3) is 3.35. The smallest absolute Gasteiger partial charge is 0.269 e. The second-order valence-electron chi connectivity index (χ2n) is 5.76. The highest BCUT2D eigenvalue weighted by molar-refractivity contribution is 5.61. The van der Waals surface area contributed by atoms with Crippen molar-refractivity contribution in [3.05, 3.63) is 64.2 Å². The normalized spacial score (nSPS) is 11.2. The van der Waals surface area contributed by atoms with Crippen LogP contribution in [0.1, 0.15) is 26.3 Å². The van der Waals surface area contributed by atoms with Crippen molar-refractivity contribution >= 4 is 17.1 Å². The van der Waals surface area contributed by atoms with Gasteiger partial charge in [-0.15, -0.1) is 0 Å². The van der Waals surface area contributed by atoms with Gasteiger partial charge in [-0.05, 0) is 35.2 Å². The van der Waals surface area contributed by atoms with Crippen LogP contribution >= 0.6 is 0 Å². The predicted octanol–water partition coefficient (Wildman–Crippen LogP) is 4.64. The van der Waals surface area contributed by atoms with Crippen LogP contribution in [0.4, 0.5) is 17.1 Å². The molecule has 2 aromatic rings. The summed E-state index contributed by atoms with van der Waals surface area (Å²) in [6, 6.07) is 14.6. The number of hydrogen-bond donors (Lipinski definition) is 1. The highest BCUT2D eigenvalue weighted by Gasteiger charge is 2.13. The number of anilines is 2. The zero-order valence-corrected chi connectivity index (χ0v) is 11.9. The Morgan fingerprint density at radius 2 is 1.65 bits per heavy atom. The Bertz CT molecular complexity index is 613. The quantitative estimate of drug-likeness (QED) is 0.653. The van der Waals surface area contributed by atoms with E-state index in [4.69, 9.17) is 0 Å². The lowest BCUT2D eigenvalue weighted by Crippen LogP contribution is -2.11. The molecule has 0 spiro atoms. The molecule has 0 radical (unpaired) electrons. The van der Waals surface area contributed by atoms with Gasteiger partial charge in [0.2, 0.25) is 0 Å². The first-order valence-corrected chi connectivity index (χ1v) is 6.48. The van der Waals surface area contributed by atoms with Gasteiger partial charge in [0.05, 0.1) is 4.92 Å². The van der Waals surface area contributed by atoms with Gasteiger partial charge < -0.3 is 5.32 Å². The molecule has 0 bridgehead atoms. The van der Waals surface area contributed by atoms with Gasteiger partial charge in [0.25, 0.3) is 5.69 Å². The van der Waals surface area contributed by atoms with Crippen LogP contribution in [0.3, 0.4) is 0 Å². The fourth-order valence-electron chi connectivity index (χ4n) is 1.90. The monoisotopic (exact) mass is 270 g/mol. The van der Waals surface area contributed by atoms with E-state index in [9.17, 15) is 10.1 Å². The minimum atomic E-state index is -0.399. The third-order valence-electron chi connectivity index (χ3n) is 3.10. The second kappa shape index (κ2) is 5.33. The van der Waals surface area contributed by atoms with E-state index in [0.717, 1.165) is 11.4 Å². The molecule has 2 rings (SSSR count). The molecule has 0 fully saturated rings. The maximum Gasteiger partial charge on any atom is 0.269 e. The van der Waals surface area contributed by atoms with Crippen LogP contribution in [0, 0.1) is 10.1 Å². The van der Waals surface area contributed by atoms with E-state index < -0.39 is 4.92 Å². The standard InChI is InChI=1S/C16H18N2O2/c1-16(2,3)12-5-4-6-14(11-12)17-13-7-9-15(10-8-13)18(19)20/h4-11,17H,1-3H3. The zero-order valence-electron chi connectivity index (χ0n) is 11.9. The zero-order chi connectivity index (χ0) is 14.8. The van der Waals surface area contributed by atoms with Crippen LogP contribution in [0.25, 0.3) is 0 Å². The van der Waals surface area contributed by atoms with E-state index >= 15 is 0 Å². The van der Waals surface area contributed by atoms with Gasteiger partial charge in [-0.2, -0.15) is 0 Å². The fourth-order valence-corrected chi connectivity index (χ4v) is 1.90. The topological polar surface area (TPSA) is 55.2 Å². The van der Waals surface area contributed by atoms with Gasteiger partial charge in [0.1, 0.15) is 0 Å². The van der Waals surface area contributed by atoms with Gasteiger partial charge in [0, 0.05) is 23.5 Å². The fraction of sp³-hybridized carbons (Fsp3) is 0.250. The molecule has 0 aliphatic carbocycles. The van der Waals surface area contributed by atoms with E-state index in [0.29, 0.717) is 0 Å². The molecule has 0 saturated carbocycles. The molecule has 4 heteroatoms. The van der Waals surface area contributed by atoms with Crippen molar-refractivity contribution < 1.29 is 4.92 Å². The number of non-ortho nitro benzene ring substituents is 1. The lowest BCUT2D eigenvalue weighted by Gasteiger charge is -2.20. The number of nitro benzene ring substituents is 1. The molecule has 1 N–H and O–H groups in total. The van der Waals surface area contributed by atoms with Gasteiger partial charge in [-0.3, -0.25) is 10.1 Å². The number of benzene rings is 2. The van der Waals surface area contributed by atoms with Crippen molar-refractivity contribution in [1.82, 2.24) is 0 Å². The maximum absolute atomic E-state index is 10.6. The first-order chi connectivity index (χ1) is 9.36. The summed E-state index contributed by atoms with van der Waals surface area (Å²) in [5, 5.41) is 13.9. The van der Waals surface area contributed by atoms with Crippen LogP contribution in [0.2, 0.25) is 0 Å². The van der Waals surface area contributed by atoms with Crippen molar-refractivity contribution in [1.29, 1.82) is 0 Å². The number of hydrogen-bond acceptors (Lipinski definition) is 3. The summed E-state index contributed by atoms with van der Waals surface area (Å²) in [6.45, 7) is 6.49. The second-order valence-corrected chi connectivity index (χ2v) is 5.76. The molecular formula is C16H18N2O2. The molecule has 0 unspecified atom stereocenters. The molecule has 0 aliphatic rings. The molecule has 0 aromatic heterocycles. The predicted molar refractivity (Wildman–Crippen MR) is 81.5 cm³/mol. The molecule has 0 atom stereocenters. The summed E-state index contributed by atoms with van der Waals surface area (Å²) < 4.78 is 0. The van der Waals surface area contributed by atoms with Crippen molar-refractivity contribution in [3.8, 4) is 0 Å². The van der Waals surface area contributed by atoms with Crippen molar-refractivity contribution in [2.45, 2.75) is 26.2 Å². The van der Waals surface area contributed by atoms with Gasteiger partial charge >= 0.3 is 0 Å². The molecule has 0 amide bonds. The molecule has 20 heavy (non-hydrogen) atoms. The Morgan fingerprint density at radius 1 is 1.00 bits per heavy atom. The highest BCUT2D eigenvalue weighted by atomic mass is 16.6. The number of nitrogens with one attached hydrogen (secondary N) is 1. The average molecular weight is 270 g/mol. The maximum atomic E-state index is 10.6. The number of nitro groups is 1. The molecule has 2 aromatic carbocycles. The van der Waals surface area contributed by atoms with Crippen molar-refractivity contribution in [2.24, 2.45) is 0 Å². The summed E-state index contributed by atoms with van der Waals surface area (Å²) in [5.41, 5.74) is 3.24.